The number of rotatable bonds is 5. The summed E-state index contributed by atoms with van der Waals surface area (Å²) in [6, 6.07) is 0. The van der Waals surface area contributed by atoms with E-state index >= 15 is 0 Å². The maximum absolute atomic E-state index is 8.17. The molecule has 11 heavy (non-hydrogen) atoms. The normalized spacial score (nSPS) is 14.5. The molecule has 0 aromatic carbocycles. The lowest BCUT2D eigenvalue weighted by molar-refractivity contribution is 0.318. The van der Waals surface area contributed by atoms with Crippen molar-refractivity contribution in [3.8, 4) is 0 Å². The van der Waals surface area contributed by atoms with Crippen LogP contribution >= 0.6 is 0 Å². The van der Waals surface area contributed by atoms with Crippen LogP contribution < -0.4 is 5.73 Å². The molecular formula is C8H18N2O. The van der Waals surface area contributed by atoms with Crippen molar-refractivity contribution in [1.29, 1.82) is 0 Å². The van der Waals surface area contributed by atoms with Crippen molar-refractivity contribution in [2.45, 2.75) is 26.7 Å². The van der Waals surface area contributed by atoms with E-state index in [1.807, 2.05) is 0 Å². The Labute approximate surface area is 68.3 Å². The van der Waals surface area contributed by atoms with E-state index in [-0.39, 0.29) is 0 Å². The van der Waals surface area contributed by atoms with Crippen molar-refractivity contribution in [1.82, 2.24) is 0 Å². The van der Waals surface area contributed by atoms with Crippen LogP contribution in [0.15, 0.2) is 5.16 Å². The first-order valence-corrected chi connectivity index (χ1v) is 4.06. The van der Waals surface area contributed by atoms with Gasteiger partial charge in [-0.05, 0) is 31.2 Å². The van der Waals surface area contributed by atoms with E-state index in [9.17, 15) is 0 Å². The first-order valence-electron chi connectivity index (χ1n) is 4.06. The molecule has 66 valence electrons. The highest BCUT2D eigenvalue weighted by atomic mass is 16.4. The lowest BCUT2D eigenvalue weighted by Crippen LogP contribution is -2.16. The number of nitrogens with zero attached hydrogens (tertiary/aromatic N) is 1. The Morgan fingerprint density at radius 1 is 1.55 bits per heavy atom. The molecule has 0 saturated heterocycles. The Morgan fingerprint density at radius 2 is 2.18 bits per heavy atom. The van der Waals surface area contributed by atoms with Crippen molar-refractivity contribution < 1.29 is 5.21 Å². The highest BCUT2D eigenvalue weighted by Crippen LogP contribution is 2.12. The molecule has 0 aromatic rings. The first-order chi connectivity index (χ1) is 5.20. The van der Waals surface area contributed by atoms with E-state index in [0.29, 0.717) is 18.4 Å². The van der Waals surface area contributed by atoms with Gasteiger partial charge in [0.2, 0.25) is 0 Å². The lowest BCUT2D eigenvalue weighted by atomic mass is 9.95. The molecule has 0 radical (unpaired) electrons. The van der Waals surface area contributed by atoms with Gasteiger partial charge < -0.3 is 10.9 Å². The predicted molar refractivity (Wildman–Crippen MR) is 46.9 cm³/mol. The Balaban J connectivity index is 3.57. The zero-order valence-corrected chi connectivity index (χ0v) is 7.33. The monoisotopic (exact) mass is 158 g/mol. The predicted octanol–water partition coefficient (Wildman–Crippen LogP) is 1.46. The molecule has 0 aliphatic carbocycles. The topological polar surface area (TPSA) is 58.6 Å². The summed E-state index contributed by atoms with van der Waals surface area (Å²) < 4.78 is 0. The van der Waals surface area contributed by atoms with Crippen LogP contribution in [-0.2, 0) is 0 Å². The van der Waals surface area contributed by atoms with Crippen molar-refractivity contribution in [3.63, 3.8) is 0 Å². The summed E-state index contributed by atoms with van der Waals surface area (Å²) in [7, 11) is 0. The molecule has 0 fully saturated rings. The lowest BCUT2D eigenvalue weighted by Gasteiger charge is -2.13. The standard InChI is InChI=1S/C8H18N2O/c1-7(2)5-8(6-9)3-4-10-11/h4,7-8,11H,3,5-6,9H2,1-2H3/b10-4+/t8-/m1/s1. The Hall–Kier alpha value is -0.570. The number of oxime groups is 1. The highest BCUT2D eigenvalue weighted by Gasteiger charge is 2.06. The minimum Gasteiger partial charge on any atom is -0.411 e. The summed E-state index contributed by atoms with van der Waals surface area (Å²) >= 11 is 0. The van der Waals surface area contributed by atoms with Gasteiger partial charge in [-0.1, -0.05) is 13.8 Å². The molecule has 3 nitrogen and oxygen atoms in total. The summed E-state index contributed by atoms with van der Waals surface area (Å²) in [6.45, 7) is 5.00. The minimum absolute atomic E-state index is 0.464. The van der Waals surface area contributed by atoms with Gasteiger partial charge in [-0.15, -0.1) is 5.16 Å². The molecule has 0 spiro atoms. The second kappa shape index (κ2) is 6.16. The fourth-order valence-electron chi connectivity index (χ4n) is 1.15. The molecule has 3 N–H and O–H groups in total. The van der Waals surface area contributed by atoms with Crippen LogP contribution in [0.4, 0.5) is 0 Å². The molecule has 0 aliphatic heterocycles. The van der Waals surface area contributed by atoms with E-state index in [1.165, 1.54) is 6.21 Å². The van der Waals surface area contributed by atoms with Crippen LogP contribution in [0.25, 0.3) is 0 Å². The van der Waals surface area contributed by atoms with Crippen molar-refractivity contribution in [2.24, 2.45) is 22.7 Å². The Morgan fingerprint density at radius 3 is 2.55 bits per heavy atom. The van der Waals surface area contributed by atoms with E-state index in [0.717, 1.165) is 12.8 Å². The van der Waals surface area contributed by atoms with Crippen LogP contribution in [-0.4, -0.2) is 18.0 Å². The molecule has 0 aliphatic rings. The first kappa shape index (κ1) is 10.4. The largest absolute Gasteiger partial charge is 0.411 e. The Kier molecular flexibility index (Phi) is 5.84. The van der Waals surface area contributed by atoms with E-state index in [2.05, 4.69) is 19.0 Å². The van der Waals surface area contributed by atoms with Gasteiger partial charge in [0.05, 0.1) is 0 Å². The smallest absolute Gasteiger partial charge is 0.0439 e. The third kappa shape index (κ3) is 5.85. The van der Waals surface area contributed by atoms with Crippen LogP contribution in [0.3, 0.4) is 0 Å². The van der Waals surface area contributed by atoms with Gasteiger partial charge in [0, 0.05) is 6.21 Å². The fraction of sp³-hybridized carbons (Fsp3) is 0.875. The van der Waals surface area contributed by atoms with Crippen LogP contribution in [0.2, 0.25) is 0 Å². The maximum Gasteiger partial charge on any atom is 0.0439 e. The fourth-order valence-corrected chi connectivity index (χ4v) is 1.15. The van der Waals surface area contributed by atoms with Crippen molar-refractivity contribution in [2.75, 3.05) is 6.54 Å². The Bertz CT molecular complexity index is 113. The van der Waals surface area contributed by atoms with Crippen LogP contribution in [0.1, 0.15) is 26.7 Å². The van der Waals surface area contributed by atoms with E-state index < -0.39 is 0 Å². The molecule has 0 amide bonds. The minimum atomic E-state index is 0.464. The number of nitrogens with two attached hydrogens (primary N) is 1. The second-order valence-corrected chi connectivity index (χ2v) is 3.27. The quantitative estimate of drug-likeness (QED) is 0.361. The van der Waals surface area contributed by atoms with Gasteiger partial charge in [0.25, 0.3) is 0 Å². The van der Waals surface area contributed by atoms with Gasteiger partial charge in [-0.3, -0.25) is 0 Å². The van der Waals surface area contributed by atoms with Gasteiger partial charge >= 0.3 is 0 Å². The summed E-state index contributed by atoms with van der Waals surface area (Å²) in [5, 5.41) is 11.1. The second-order valence-electron chi connectivity index (χ2n) is 3.27. The molecule has 0 saturated carbocycles. The molecule has 0 aromatic heterocycles. The summed E-state index contributed by atoms with van der Waals surface area (Å²) in [5.74, 6) is 1.13. The van der Waals surface area contributed by atoms with Crippen LogP contribution in [0.5, 0.6) is 0 Å². The van der Waals surface area contributed by atoms with Gasteiger partial charge in [-0.2, -0.15) is 0 Å². The molecule has 1 atom stereocenters. The highest BCUT2D eigenvalue weighted by molar-refractivity contribution is 5.56. The summed E-state index contributed by atoms with van der Waals surface area (Å²) in [5.41, 5.74) is 5.52. The zero-order valence-electron chi connectivity index (χ0n) is 7.33. The van der Waals surface area contributed by atoms with Gasteiger partial charge in [-0.25, -0.2) is 0 Å². The SMILES string of the molecule is CC(C)C[C@H](CN)C/C=N/O. The third-order valence-corrected chi connectivity index (χ3v) is 1.66. The van der Waals surface area contributed by atoms with E-state index in [1.54, 1.807) is 0 Å². The average molecular weight is 158 g/mol. The zero-order chi connectivity index (χ0) is 8.69. The molecule has 3 heteroatoms. The molecular weight excluding hydrogens is 140 g/mol. The molecule has 0 heterocycles. The average Bonchev–Trinajstić information content (AvgIpc) is 1.97. The molecule has 0 rings (SSSR count). The van der Waals surface area contributed by atoms with Gasteiger partial charge in [0.15, 0.2) is 0 Å². The van der Waals surface area contributed by atoms with Crippen LogP contribution in [0, 0.1) is 11.8 Å². The molecule has 0 unspecified atom stereocenters. The molecule has 0 bridgehead atoms. The number of hydrogen-bond donors (Lipinski definition) is 2. The summed E-state index contributed by atoms with van der Waals surface area (Å²) in [4.78, 5) is 0. The van der Waals surface area contributed by atoms with E-state index in [4.69, 9.17) is 10.9 Å². The summed E-state index contributed by atoms with van der Waals surface area (Å²) in [6.07, 6.45) is 3.40. The number of hydrogen-bond acceptors (Lipinski definition) is 3. The van der Waals surface area contributed by atoms with Crippen molar-refractivity contribution >= 4 is 6.21 Å². The van der Waals surface area contributed by atoms with Crippen molar-refractivity contribution in [3.05, 3.63) is 0 Å². The van der Waals surface area contributed by atoms with Gasteiger partial charge in [0.1, 0.15) is 0 Å². The third-order valence-electron chi connectivity index (χ3n) is 1.66. The maximum atomic E-state index is 8.17.